The predicted molar refractivity (Wildman–Crippen MR) is 87.8 cm³/mol. The summed E-state index contributed by atoms with van der Waals surface area (Å²) < 4.78 is 18.6. The monoisotopic (exact) mass is 316 g/mol. The van der Waals surface area contributed by atoms with Crippen molar-refractivity contribution in [1.29, 1.82) is 0 Å². The van der Waals surface area contributed by atoms with Gasteiger partial charge in [-0.15, -0.1) is 0 Å². The maximum Gasteiger partial charge on any atom is 0.317 e. The number of nitrogens with one attached hydrogen (secondary N) is 1. The van der Waals surface area contributed by atoms with Crippen LogP contribution in [0.4, 0.5) is 9.18 Å². The summed E-state index contributed by atoms with van der Waals surface area (Å²) in [5, 5.41) is 2.86. The minimum atomic E-state index is -0.441. The number of hydrogen-bond donors (Lipinski definition) is 1. The van der Waals surface area contributed by atoms with E-state index in [2.05, 4.69) is 5.32 Å². The Morgan fingerprint density at radius 3 is 2.57 bits per heavy atom. The molecule has 2 amide bonds. The Labute approximate surface area is 135 Å². The number of hydrogen-bond acceptors (Lipinski definition) is 2. The molecule has 0 unspecified atom stereocenters. The summed E-state index contributed by atoms with van der Waals surface area (Å²) in [6.07, 6.45) is 0. The fourth-order valence-electron chi connectivity index (χ4n) is 2.26. The molecule has 0 aliphatic carbocycles. The maximum atomic E-state index is 13.7. The highest BCUT2D eigenvalue weighted by Crippen LogP contribution is 2.21. The molecule has 0 spiro atoms. The van der Waals surface area contributed by atoms with Gasteiger partial charge < -0.3 is 15.0 Å². The number of amides is 2. The van der Waals surface area contributed by atoms with E-state index < -0.39 is 5.82 Å². The Balaban J connectivity index is 1.97. The molecule has 0 fully saturated rings. The zero-order valence-corrected chi connectivity index (χ0v) is 13.5. The Bertz CT molecular complexity index is 661. The van der Waals surface area contributed by atoms with Gasteiger partial charge in [0.2, 0.25) is 0 Å². The first-order chi connectivity index (χ1) is 11.0. The van der Waals surface area contributed by atoms with Crippen LogP contribution in [0.3, 0.4) is 0 Å². The Hall–Kier alpha value is -2.56. The minimum Gasteiger partial charge on any atom is -0.494 e. The first-order valence-corrected chi connectivity index (χ1v) is 7.40. The number of carbonyl (C=O) groups excluding carboxylic acids is 1. The van der Waals surface area contributed by atoms with Crippen molar-refractivity contribution in [2.45, 2.75) is 19.5 Å². The van der Waals surface area contributed by atoms with Crippen molar-refractivity contribution in [3.8, 4) is 5.75 Å². The normalized spacial score (nSPS) is 11.7. The fourth-order valence-corrected chi connectivity index (χ4v) is 2.26. The average Bonchev–Trinajstić information content (AvgIpc) is 2.55. The maximum absolute atomic E-state index is 13.7. The second-order valence-electron chi connectivity index (χ2n) is 5.41. The standard InChI is InChI=1S/C18H21FN2O2/c1-13(15-9-10-17(23-3)16(19)11-15)20-18(22)21(2)12-14-7-5-4-6-8-14/h4-11,13H,12H2,1-3H3,(H,20,22)/t13-/m0/s1. The molecule has 0 bridgehead atoms. The van der Waals surface area contributed by atoms with Crippen molar-refractivity contribution < 1.29 is 13.9 Å². The van der Waals surface area contributed by atoms with Crippen LogP contribution in [0.15, 0.2) is 48.5 Å². The third-order valence-electron chi connectivity index (χ3n) is 3.63. The third kappa shape index (κ3) is 4.45. The van der Waals surface area contributed by atoms with Gasteiger partial charge >= 0.3 is 6.03 Å². The zero-order chi connectivity index (χ0) is 16.8. The van der Waals surface area contributed by atoms with Crippen molar-refractivity contribution in [3.63, 3.8) is 0 Å². The molecule has 0 aromatic heterocycles. The van der Waals surface area contributed by atoms with E-state index >= 15 is 0 Å². The summed E-state index contributed by atoms with van der Waals surface area (Å²) in [4.78, 5) is 13.8. The van der Waals surface area contributed by atoms with E-state index in [1.807, 2.05) is 37.3 Å². The highest BCUT2D eigenvalue weighted by Gasteiger charge is 2.15. The number of rotatable bonds is 5. The summed E-state index contributed by atoms with van der Waals surface area (Å²) in [7, 11) is 3.14. The van der Waals surface area contributed by atoms with Gasteiger partial charge in [0.1, 0.15) is 0 Å². The zero-order valence-electron chi connectivity index (χ0n) is 13.5. The molecule has 0 aliphatic rings. The summed E-state index contributed by atoms with van der Waals surface area (Å²) in [6.45, 7) is 2.33. The summed E-state index contributed by atoms with van der Waals surface area (Å²) >= 11 is 0. The molecular weight excluding hydrogens is 295 g/mol. The summed E-state index contributed by atoms with van der Waals surface area (Å²) in [5.41, 5.74) is 1.73. The first kappa shape index (κ1) is 16.8. The SMILES string of the molecule is COc1ccc([C@H](C)NC(=O)N(C)Cc2ccccc2)cc1F. The van der Waals surface area contributed by atoms with Crippen LogP contribution in [-0.2, 0) is 6.54 Å². The Morgan fingerprint density at radius 1 is 1.26 bits per heavy atom. The fraction of sp³-hybridized carbons (Fsp3) is 0.278. The van der Waals surface area contributed by atoms with E-state index in [0.717, 1.165) is 5.56 Å². The lowest BCUT2D eigenvalue weighted by Gasteiger charge is -2.22. The van der Waals surface area contributed by atoms with Crippen molar-refractivity contribution in [2.75, 3.05) is 14.2 Å². The lowest BCUT2D eigenvalue weighted by molar-refractivity contribution is 0.203. The number of halogens is 1. The number of benzene rings is 2. The second kappa shape index (κ2) is 7.63. The van der Waals surface area contributed by atoms with Crippen LogP contribution < -0.4 is 10.1 Å². The molecule has 2 rings (SSSR count). The molecule has 1 N–H and O–H groups in total. The van der Waals surface area contributed by atoms with E-state index in [1.54, 1.807) is 24.1 Å². The van der Waals surface area contributed by atoms with E-state index in [9.17, 15) is 9.18 Å². The number of ether oxygens (including phenoxy) is 1. The van der Waals surface area contributed by atoms with Crippen LogP contribution in [0.1, 0.15) is 24.1 Å². The van der Waals surface area contributed by atoms with Crippen molar-refractivity contribution in [1.82, 2.24) is 10.2 Å². The number of methoxy groups -OCH3 is 1. The van der Waals surface area contributed by atoms with Gasteiger partial charge in [-0.05, 0) is 30.2 Å². The molecule has 2 aromatic carbocycles. The van der Waals surface area contributed by atoms with E-state index in [4.69, 9.17) is 4.74 Å². The van der Waals surface area contributed by atoms with Gasteiger partial charge in [0.15, 0.2) is 11.6 Å². The third-order valence-corrected chi connectivity index (χ3v) is 3.63. The molecule has 5 heteroatoms. The lowest BCUT2D eigenvalue weighted by atomic mass is 10.1. The quantitative estimate of drug-likeness (QED) is 0.913. The molecule has 0 radical (unpaired) electrons. The number of carbonyl (C=O) groups is 1. The highest BCUT2D eigenvalue weighted by molar-refractivity contribution is 5.74. The lowest BCUT2D eigenvalue weighted by Crippen LogP contribution is -2.38. The first-order valence-electron chi connectivity index (χ1n) is 7.40. The number of urea groups is 1. The van der Waals surface area contributed by atoms with Crippen LogP contribution in [0.25, 0.3) is 0 Å². The molecule has 0 aliphatic heterocycles. The van der Waals surface area contributed by atoms with Gasteiger partial charge in [0.25, 0.3) is 0 Å². The molecule has 1 atom stereocenters. The average molecular weight is 316 g/mol. The molecule has 0 heterocycles. The van der Waals surface area contributed by atoms with E-state index in [1.165, 1.54) is 13.2 Å². The minimum absolute atomic E-state index is 0.188. The molecular formula is C18H21FN2O2. The van der Waals surface area contributed by atoms with Crippen molar-refractivity contribution >= 4 is 6.03 Å². The molecule has 0 saturated heterocycles. The van der Waals surface area contributed by atoms with Gasteiger partial charge in [-0.25, -0.2) is 9.18 Å². The van der Waals surface area contributed by atoms with E-state index in [0.29, 0.717) is 12.1 Å². The topological polar surface area (TPSA) is 41.6 Å². The largest absolute Gasteiger partial charge is 0.494 e. The van der Waals surface area contributed by atoms with Crippen LogP contribution in [0.5, 0.6) is 5.75 Å². The Kier molecular flexibility index (Phi) is 5.57. The Morgan fingerprint density at radius 2 is 1.96 bits per heavy atom. The van der Waals surface area contributed by atoms with Gasteiger partial charge in [-0.1, -0.05) is 36.4 Å². The second-order valence-corrected chi connectivity index (χ2v) is 5.41. The van der Waals surface area contributed by atoms with Gasteiger partial charge in [-0.2, -0.15) is 0 Å². The number of nitrogens with zero attached hydrogens (tertiary/aromatic N) is 1. The molecule has 4 nitrogen and oxygen atoms in total. The van der Waals surface area contributed by atoms with Crippen molar-refractivity contribution in [3.05, 3.63) is 65.5 Å². The predicted octanol–water partition coefficient (Wildman–Crippen LogP) is 3.74. The van der Waals surface area contributed by atoms with Crippen molar-refractivity contribution in [2.24, 2.45) is 0 Å². The molecule has 122 valence electrons. The van der Waals surface area contributed by atoms with Crippen LogP contribution in [-0.4, -0.2) is 25.1 Å². The summed E-state index contributed by atoms with van der Waals surface area (Å²) in [6, 6.07) is 13.9. The van der Waals surface area contributed by atoms with Crippen LogP contribution in [0, 0.1) is 5.82 Å². The van der Waals surface area contributed by atoms with Gasteiger partial charge in [-0.3, -0.25) is 0 Å². The molecule has 23 heavy (non-hydrogen) atoms. The smallest absolute Gasteiger partial charge is 0.317 e. The summed E-state index contributed by atoms with van der Waals surface area (Å²) in [5.74, 6) is -0.253. The van der Waals surface area contributed by atoms with E-state index in [-0.39, 0.29) is 17.8 Å². The molecule has 0 saturated carbocycles. The van der Waals surface area contributed by atoms with Gasteiger partial charge in [0.05, 0.1) is 13.2 Å². The van der Waals surface area contributed by atoms with Crippen LogP contribution >= 0.6 is 0 Å². The highest BCUT2D eigenvalue weighted by atomic mass is 19.1. The molecule has 2 aromatic rings. The van der Waals surface area contributed by atoms with Gasteiger partial charge in [0, 0.05) is 13.6 Å². The van der Waals surface area contributed by atoms with Crippen LogP contribution in [0.2, 0.25) is 0 Å².